The number of nitrogens with zero attached hydrogens (tertiary/aromatic N) is 2. The highest BCUT2D eigenvalue weighted by Crippen LogP contribution is 2.20. The Hall–Kier alpha value is -1.34. The highest BCUT2D eigenvalue weighted by Gasteiger charge is 2.32. The van der Waals surface area contributed by atoms with Crippen molar-refractivity contribution in [3.05, 3.63) is 0 Å². The summed E-state index contributed by atoms with van der Waals surface area (Å²) in [6.07, 6.45) is 3.43. The van der Waals surface area contributed by atoms with Crippen molar-refractivity contribution < 1.29 is 19.8 Å². The summed E-state index contributed by atoms with van der Waals surface area (Å²) in [5, 5.41) is 20.3. The quantitative estimate of drug-likeness (QED) is 0.645. The number of urea groups is 1. The summed E-state index contributed by atoms with van der Waals surface area (Å²) < 4.78 is 0. The highest BCUT2D eigenvalue weighted by atomic mass is 16.4. The number of hydrogen-bond donors (Lipinski definition) is 3. The van der Waals surface area contributed by atoms with Gasteiger partial charge in [-0.1, -0.05) is 0 Å². The minimum absolute atomic E-state index is 0.0322. The molecule has 20 heavy (non-hydrogen) atoms. The summed E-state index contributed by atoms with van der Waals surface area (Å²) in [5.74, 6) is -1.11. The lowest BCUT2D eigenvalue weighted by Gasteiger charge is -2.24. The molecule has 1 unspecified atom stereocenters. The molecule has 2 rings (SSSR count). The van der Waals surface area contributed by atoms with E-state index in [1.54, 1.807) is 4.90 Å². The number of amides is 2. The number of carboxylic acids is 1. The number of carbonyl (C=O) groups excluding carboxylic acids is 1. The van der Waals surface area contributed by atoms with Gasteiger partial charge in [0.15, 0.2) is 0 Å². The predicted molar refractivity (Wildman–Crippen MR) is 72.4 cm³/mol. The van der Waals surface area contributed by atoms with Crippen LogP contribution in [0.5, 0.6) is 0 Å². The second-order valence-corrected chi connectivity index (χ2v) is 5.48. The van der Waals surface area contributed by atoms with E-state index >= 15 is 0 Å². The number of nitrogens with one attached hydrogen (secondary N) is 1. The molecule has 0 aromatic heterocycles. The third-order valence-corrected chi connectivity index (χ3v) is 4.12. The van der Waals surface area contributed by atoms with Crippen LogP contribution in [-0.2, 0) is 4.79 Å². The number of hydrogen-bond acceptors (Lipinski definition) is 4. The van der Waals surface area contributed by atoms with E-state index in [2.05, 4.69) is 10.2 Å². The second-order valence-electron chi connectivity index (χ2n) is 5.48. The second kappa shape index (κ2) is 6.90. The lowest BCUT2D eigenvalue weighted by Crippen LogP contribution is -2.48. The Bertz CT molecular complexity index is 358. The van der Waals surface area contributed by atoms with Crippen LogP contribution in [0, 0.1) is 0 Å². The van der Waals surface area contributed by atoms with E-state index in [0.29, 0.717) is 19.1 Å². The summed E-state index contributed by atoms with van der Waals surface area (Å²) >= 11 is 0. The zero-order chi connectivity index (χ0) is 14.5. The minimum atomic E-state index is -1.11. The fraction of sp³-hybridized carbons (Fsp3) is 0.846. The largest absolute Gasteiger partial charge is 0.480 e. The van der Waals surface area contributed by atoms with Gasteiger partial charge >= 0.3 is 12.0 Å². The summed E-state index contributed by atoms with van der Waals surface area (Å²) in [6.45, 7) is 3.27. The van der Waals surface area contributed by atoms with Gasteiger partial charge in [0.1, 0.15) is 6.04 Å². The molecule has 2 amide bonds. The smallest absolute Gasteiger partial charge is 0.326 e. The number of aliphatic hydroxyl groups excluding tert-OH is 1. The number of likely N-dealkylation sites (tertiary alicyclic amines) is 2. The van der Waals surface area contributed by atoms with Gasteiger partial charge in [-0.05, 0) is 32.4 Å². The maximum absolute atomic E-state index is 12.0. The molecule has 7 heteroatoms. The standard InChI is InChI=1S/C13H23N3O4/c17-8-4-11(12(18)19)14-13(20)16-7-3-10(9-16)15-5-1-2-6-15/h10-11,17H,1-9H2,(H,14,20)(H,18,19)/t10?,11-/m1/s1. The van der Waals surface area contributed by atoms with Crippen LogP contribution in [0.2, 0.25) is 0 Å². The molecule has 2 fully saturated rings. The van der Waals surface area contributed by atoms with E-state index in [-0.39, 0.29) is 19.1 Å². The maximum Gasteiger partial charge on any atom is 0.326 e. The zero-order valence-electron chi connectivity index (χ0n) is 11.6. The topological polar surface area (TPSA) is 93.1 Å². The van der Waals surface area contributed by atoms with Gasteiger partial charge in [-0.15, -0.1) is 0 Å². The Balaban J connectivity index is 1.82. The highest BCUT2D eigenvalue weighted by molar-refractivity contribution is 5.82. The Morgan fingerprint density at radius 1 is 1.25 bits per heavy atom. The Kier molecular flexibility index (Phi) is 5.19. The van der Waals surface area contributed by atoms with E-state index in [0.717, 1.165) is 19.5 Å². The molecule has 0 spiro atoms. The molecule has 114 valence electrons. The molecular formula is C13H23N3O4. The van der Waals surface area contributed by atoms with Gasteiger partial charge in [-0.3, -0.25) is 4.90 Å². The van der Waals surface area contributed by atoms with Gasteiger partial charge in [-0.25, -0.2) is 9.59 Å². The lowest BCUT2D eigenvalue weighted by atomic mass is 10.2. The van der Waals surface area contributed by atoms with Gasteiger partial charge in [0, 0.05) is 32.2 Å². The van der Waals surface area contributed by atoms with Crippen LogP contribution in [-0.4, -0.2) is 76.9 Å². The molecule has 0 bridgehead atoms. The van der Waals surface area contributed by atoms with Crippen LogP contribution in [0.15, 0.2) is 0 Å². The monoisotopic (exact) mass is 285 g/mol. The molecule has 2 saturated heterocycles. The molecule has 0 aromatic rings. The van der Waals surface area contributed by atoms with Crippen molar-refractivity contribution in [1.29, 1.82) is 0 Å². The molecule has 2 aliphatic rings. The number of rotatable bonds is 5. The maximum atomic E-state index is 12.0. The average molecular weight is 285 g/mol. The third kappa shape index (κ3) is 3.61. The van der Waals surface area contributed by atoms with E-state index in [9.17, 15) is 9.59 Å². The predicted octanol–water partition coefficient (Wildman–Crippen LogP) is -0.298. The molecule has 0 saturated carbocycles. The Morgan fingerprint density at radius 2 is 1.95 bits per heavy atom. The van der Waals surface area contributed by atoms with Crippen molar-refractivity contribution in [2.45, 2.75) is 37.8 Å². The number of carboxylic acid groups (broad SMARTS) is 1. The first-order valence-corrected chi connectivity index (χ1v) is 7.25. The van der Waals surface area contributed by atoms with Crippen LogP contribution in [0.1, 0.15) is 25.7 Å². The fourth-order valence-electron chi connectivity index (χ4n) is 2.96. The molecule has 0 radical (unpaired) electrons. The summed E-state index contributed by atoms with van der Waals surface area (Å²) in [5.41, 5.74) is 0. The first-order valence-electron chi connectivity index (χ1n) is 7.25. The van der Waals surface area contributed by atoms with Gasteiger partial charge < -0.3 is 20.4 Å². The third-order valence-electron chi connectivity index (χ3n) is 4.12. The summed E-state index contributed by atoms with van der Waals surface area (Å²) in [6, 6.07) is -0.949. The lowest BCUT2D eigenvalue weighted by molar-refractivity contribution is -0.139. The molecular weight excluding hydrogens is 262 g/mol. The van der Waals surface area contributed by atoms with Gasteiger partial charge in [-0.2, -0.15) is 0 Å². The number of aliphatic hydroxyl groups is 1. The molecule has 0 aliphatic carbocycles. The van der Waals surface area contributed by atoms with E-state index in [1.165, 1.54) is 12.8 Å². The van der Waals surface area contributed by atoms with Crippen LogP contribution >= 0.6 is 0 Å². The summed E-state index contributed by atoms with van der Waals surface area (Å²) in [4.78, 5) is 27.1. The summed E-state index contributed by atoms with van der Waals surface area (Å²) in [7, 11) is 0. The van der Waals surface area contributed by atoms with Crippen LogP contribution in [0.3, 0.4) is 0 Å². The molecule has 3 N–H and O–H groups in total. The molecule has 2 aliphatic heterocycles. The van der Waals surface area contributed by atoms with Crippen molar-refractivity contribution >= 4 is 12.0 Å². The number of aliphatic carboxylic acids is 1. The SMILES string of the molecule is O=C(O)[C@@H](CCO)NC(=O)N1CCC(N2CCCC2)C1. The van der Waals surface area contributed by atoms with Crippen LogP contribution in [0.25, 0.3) is 0 Å². The Labute approximate surface area is 118 Å². The fourth-order valence-corrected chi connectivity index (χ4v) is 2.96. The van der Waals surface area contributed by atoms with Gasteiger partial charge in [0.2, 0.25) is 0 Å². The first kappa shape index (κ1) is 15.1. The van der Waals surface area contributed by atoms with Crippen molar-refractivity contribution in [1.82, 2.24) is 15.1 Å². The van der Waals surface area contributed by atoms with Gasteiger partial charge in [0.25, 0.3) is 0 Å². The van der Waals surface area contributed by atoms with E-state index in [1.807, 2.05) is 0 Å². The molecule has 7 nitrogen and oxygen atoms in total. The Morgan fingerprint density at radius 3 is 2.55 bits per heavy atom. The van der Waals surface area contributed by atoms with Crippen molar-refractivity contribution in [2.75, 3.05) is 32.8 Å². The average Bonchev–Trinajstić information content (AvgIpc) is 3.08. The first-order chi connectivity index (χ1) is 9.61. The van der Waals surface area contributed by atoms with Crippen LogP contribution < -0.4 is 5.32 Å². The van der Waals surface area contributed by atoms with Crippen molar-refractivity contribution in [3.8, 4) is 0 Å². The van der Waals surface area contributed by atoms with Crippen molar-refractivity contribution in [2.24, 2.45) is 0 Å². The van der Waals surface area contributed by atoms with E-state index in [4.69, 9.17) is 10.2 Å². The van der Waals surface area contributed by atoms with E-state index < -0.39 is 12.0 Å². The molecule has 2 atom stereocenters. The van der Waals surface area contributed by atoms with Crippen molar-refractivity contribution in [3.63, 3.8) is 0 Å². The number of carbonyl (C=O) groups is 2. The normalized spacial score (nSPS) is 24.9. The minimum Gasteiger partial charge on any atom is -0.480 e. The molecule has 0 aromatic carbocycles. The van der Waals surface area contributed by atoms with Crippen LogP contribution in [0.4, 0.5) is 4.79 Å². The molecule has 2 heterocycles. The van der Waals surface area contributed by atoms with Gasteiger partial charge in [0.05, 0.1) is 0 Å². The zero-order valence-corrected chi connectivity index (χ0v) is 11.6.